The van der Waals surface area contributed by atoms with Crippen LogP contribution >= 0.6 is 0 Å². The normalized spacial score (nSPS) is 24.8. The second kappa shape index (κ2) is 5.13. The highest BCUT2D eigenvalue weighted by Crippen LogP contribution is 2.44. The van der Waals surface area contributed by atoms with Crippen LogP contribution in [0.15, 0.2) is 18.5 Å². The molecule has 1 fully saturated rings. The monoisotopic (exact) mass is 285 g/mol. The van der Waals surface area contributed by atoms with Crippen LogP contribution in [0.25, 0.3) is 11.0 Å². The summed E-state index contributed by atoms with van der Waals surface area (Å²) in [6.07, 6.45) is 4.53. The van der Waals surface area contributed by atoms with Crippen LogP contribution in [0.2, 0.25) is 0 Å². The Kier molecular flexibility index (Phi) is 3.56. The third-order valence-corrected chi connectivity index (χ3v) is 5.28. The standard InChI is InChI=1S/C18H27N3/c1-6-19-17-15(7-8-18(17,4)5)21-11-20-14-9-12(2)13(3)10-16(14)21/h9-11,15,17,19H,6-8H2,1-5H3. The first kappa shape index (κ1) is 14.6. The minimum absolute atomic E-state index is 0.344. The number of nitrogens with zero attached hydrogens (tertiary/aromatic N) is 2. The molecule has 3 rings (SSSR count). The van der Waals surface area contributed by atoms with Crippen molar-refractivity contribution in [1.82, 2.24) is 14.9 Å². The molecule has 0 radical (unpaired) electrons. The third-order valence-electron chi connectivity index (χ3n) is 5.28. The predicted octanol–water partition coefficient (Wildman–Crippen LogP) is 3.99. The van der Waals surface area contributed by atoms with E-state index in [4.69, 9.17) is 0 Å². The summed E-state index contributed by atoms with van der Waals surface area (Å²) in [7, 11) is 0. The van der Waals surface area contributed by atoms with Crippen LogP contribution < -0.4 is 5.32 Å². The summed E-state index contributed by atoms with van der Waals surface area (Å²) >= 11 is 0. The largest absolute Gasteiger partial charge is 0.326 e. The second-order valence-electron chi connectivity index (χ2n) is 7.21. The van der Waals surface area contributed by atoms with E-state index in [9.17, 15) is 0 Å². The highest BCUT2D eigenvalue weighted by molar-refractivity contribution is 5.77. The van der Waals surface area contributed by atoms with Crippen LogP contribution in [0.5, 0.6) is 0 Å². The number of imidazole rings is 1. The summed E-state index contributed by atoms with van der Waals surface area (Å²) in [4.78, 5) is 4.64. The van der Waals surface area contributed by atoms with Gasteiger partial charge < -0.3 is 9.88 Å². The summed E-state index contributed by atoms with van der Waals surface area (Å²) in [6.45, 7) is 12.3. The Morgan fingerprint density at radius 1 is 1.29 bits per heavy atom. The Morgan fingerprint density at radius 3 is 2.71 bits per heavy atom. The van der Waals surface area contributed by atoms with E-state index in [1.165, 1.54) is 29.5 Å². The smallest absolute Gasteiger partial charge is 0.0961 e. The molecule has 1 aliphatic carbocycles. The third kappa shape index (κ3) is 2.38. The summed E-state index contributed by atoms with van der Waals surface area (Å²) in [5, 5.41) is 3.72. The molecule has 2 atom stereocenters. The number of hydrogen-bond acceptors (Lipinski definition) is 2. The number of nitrogens with one attached hydrogen (secondary N) is 1. The van der Waals surface area contributed by atoms with Crippen molar-refractivity contribution in [3.63, 3.8) is 0 Å². The summed E-state index contributed by atoms with van der Waals surface area (Å²) in [5.41, 5.74) is 5.42. The predicted molar refractivity (Wildman–Crippen MR) is 88.7 cm³/mol. The lowest BCUT2D eigenvalue weighted by Crippen LogP contribution is -2.42. The average molecular weight is 285 g/mol. The van der Waals surface area contributed by atoms with Gasteiger partial charge in [-0.1, -0.05) is 20.8 Å². The number of hydrogen-bond donors (Lipinski definition) is 1. The Morgan fingerprint density at radius 2 is 2.00 bits per heavy atom. The van der Waals surface area contributed by atoms with E-state index in [2.05, 4.69) is 61.6 Å². The van der Waals surface area contributed by atoms with E-state index in [0.29, 0.717) is 17.5 Å². The number of benzene rings is 1. The van der Waals surface area contributed by atoms with Crippen LogP contribution in [0, 0.1) is 19.3 Å². The van der Waals surface area contributed by atoms with Crippen molar-refractivity contribution in [1.29, 1.82) is 0 Å². The number of aromatic nitrogens is 2. The molecule has 1 aliphatic rings. The van der Waals surface area contributed by atoms with Gasteiger partial charge in [0.2, 0.25) is 0 Å². The fourth-order valence-corrected chi connectivity index (χ4v) is 3.84. The number of likely N-dealkylation sites (N-methyl/N-ethyl adjacent to an activating group) is 1. The van der Waals surface area contributed by atoms with Crippen LogP contribution in [0.4, 0.5) is 0 Å². The zero-order valence-electron chi connectivity index (χ0n) is 13.9. The molecule has 1 aromatic carbocycles. The van der Waals surface area contributed by atoms with Crippen LogP contribution in [0.3, 0.4) is 0 Å². The molecule has 1 heterocycles. The molecule has 1 saturated carbocycles. The fourth-order valence-electron chi connectivity index (χ4n) is 3.84. The molecule has 2 aromatic rings. The van der Waals surface area contributed by atoms with Crippen molar-refractivity contribution in [2.24, 2.45) is 5.41 Å². The SMILES string of the molecule is CCNC1C(n2cnc3cc(C)c(C)cc32)CCC1(C)C. The van der Waals surface area contributed by atoms with Crippen molar-refractivity contribution in [2.45, 2.75) is 59.5 Å². The van der Waals surface area contributed by atoms with Gasteiger partial charge in [0.15, 0.2) is 0 Å². The number of fused-ring (bicyclic) bond motifs is 1. The van der Waals surface area contributed by atoms with Crippen molar-refractivity contribution in [3.05, 3.63) is 29.6 Å². The Labute approximate surface area is 127 Å². The maximum absolute atomic E-state index is 4.64. The van der Waals surface area contributed by atoms with Crippen molar-refractivity contribution in [3.8, 4) is 0 Å². The van der Waals surface area contributed by atoms with Gasteiger partial charge in [-0.15, -0.1) is 0 Å². The summed E-state index contributed by atoms with van der Waals surface area (Å²) < 4.78 is 2.41. The molecule has 1 N–H and O–H groups in total. The van der Waals surface area contributed by atoms with E-state index in [1.54, 1.807) is 0 Å². The topological polar surface area (TPSA) is 29.9 Å². The molecule has 21 heavy (non-hydrogen) atoms. The molecule has 0 amide bonds. The van der Waals surface area contributed by atoms with E-state index < -0.39 is 0 Å². The van der Waals surface area contributed by atoms with Crippen molar-refractivity contribution >= 4 is 11.0 Å². The van der Waals surface area contributed by atoms with Crippen LogP contribution in [0.1, 0.15) is 50.8 Å². The van der Waals surface area contributed by atoms with E-state index in [-0.39, 0.29) is 0 Å². The van der Waals surface area contributed by atoms with Gasteiger partial charge in [0.05, 0.1) is 23.4 Å². The Hall–Kier alpha value is -1.35. The highest BCUT2D eigenvalue weighted by Gasteiger charge is 2.42. The Balaban J connectivity index is 2.06. The quantitative estimate of drug-likeness (QED) is 0.924. The zero-order valence-corrected chi connectivity index (χ0v) is 13.9. The molecule has 1 aromatic heterocycles. The van der Waals surface area contributed by atoms with Gasteiger partial charge >= 0.3 is 0 Å². The summed E-state index contributed by atoms with van der Waals surface area (Å²) in [5.74, 6) is 0. The number of rotatable bonds is 3. The lowest BCUT2D eigenvalue weighted by atomic mass is 9.86. The first-order valence-corrected chi connectivity index (χ1v) is 8.11. The Bertz CT molecular complexity index is 654. The van der Waals surface area contributed by atoms with E-state index in [0.717, 1.165) is 12.1 Å². The van der Waals surface area contributed by atoms with Gasteiger partial charge in [0, 0.05) is 6.04 Å². The molecule has 114 valence electrons. The van der Waals surface area contributed by atoms with Gasteiger partial charge in [-0.05, 0) is 61.9 Å². The molecular formula is C18H27N3. The maximum Gasteiger partial charge on any atom is 0.0961 e. The average Bonchev–Trinajstić information content (AvgIpc) is 2.93. The van der Waals surface area contributed by atoms with E-state index in [1.807, 2.05) is 6.33 Å². The molecule has 3 nitrogen and oxygen atoms in total. The van der Waals surface area contributed by atoms with Gasteiger partial charge in [-0.2, -0.15) is 0 Å². The van der Waals surface area contributed by atoms with Gasteiger partial charge in [-0.3, -0.25) is 0 Å². The minimum Gasteiger partial charge on any atom is -0.326 e. The first-order valence-electron chi connectivity index (χ1n) is 8.11. The van der Waals surface area contributed by atoms with Gasteiger partial charge in [0.1, 0.15) is 0 Å². The fraction of sp³-hybridized carbons (Fsp3) is 0.611. The molecule has 3 heteroatoms. The van der Waals surface area contributed by atoms with Crippen molar-refractivity contribution in [2.75, 3.05) is 6.54 Å². The zero-order chi connectivity index (χ0) is 15.2. The summed E-state index contributed by atoms with van der Waals surface area (Å²) in [6, 6.07) is 5.53. The minimum atomic E-state index is 0.344. The van der Waals surface area contributed by atoms with E-state index >= 15 is 0 Å². The second-order valence-corrected chi connectivity index (χ2v) is 7.21. The molecular weight excluding hydrogens is 258 g/mol. The van der Waals surface area contributed by atoms with Crippen molar-refractivity contribution < 1.29 is 0 Å². The van der Waals surface area contributed by atoms with Gasteiger partial charge in [-0.25, -0.2) is 4.98 Å². The lowest BCUT2D eigenvalue weighted by molar-refractivity contribution is 0.254. The van der Waals surface area contributed by atoms with Gasteiger partial charge in [0.25, 0.3) is 0 Å². The van der Waals surface area contributed by atoms with Crippen LogP contribution in [-0.2, 0) is 0 Å². The van der Waals surface area contributed by atoms with Crippen LogP contribution in [-0.4, -0.2) is 22.1 Å². The molecule has 0 spiro atoms. The lowest BCUT2D eigenvalue weighted by Gasteiger charge is -2.32. The first-order chi connectivity index (χ1) is 9.94. The molecule has 0 aliphatic heterocycles. The molecule has 2 unspecified atom stereocenters. The maximum atomic E-state index is 4.64. The molecule has 0 saturated heterocycles. The molecule has 0 bridgehead atoms. The number of aryl methyl sites for hydroxylation is 2. The highest BCUT2D eigenvalue weighted by atomic mass is 15.1.